The molecule has 15 heavy (non-hydrogen) atoms. The van der Waals surface area contributed by atoms with Gasteiger partial charge >= 0.3 is 0 Å². The number of nitrogens with zero attached hydrogens (tertiary/aromatic N) is 1. The van der Waals surface area contributed by atoms with Gasteiger partial charge in [0.1, 0.15) is 0 Å². The minimum atomic E-state index is 0.234. The van der Waals surface area contributed by atoms with Crippen LogP contribution >= 0.6 is 0 Å². The minimum Gasteiger partial charge on any atom is -0.327 e. The fraction of sp³-hybridized carbons (Fsp3) is 1.00. The first kappa shape index (κ1) is 13.0. The summed E-state index contributed by atoms with van der Waals surface area (Å²) in [5.41, 5.74) is 6.28. The molecule has 2 nitrogen and oxygen atoms in total. The normalized spacial score (nSPS) is 20.0. The maximum atomic E-state index is 6.04. The second kappa shape index (κ2) is 4.84. The first-order valence-electron chi connectivity index (χ1n) is 6.32. The van der Waals surface area contributed by atoms with E-state index < -0.39 is 0 Å². The van der Waals surface area contributed by atoms with Crippen molar-refractivity contribution in [3.05, 3.63) is 0 Å². The van der Waals surface area contributed by atoms with E-state index in [0.29, 0.717) is 0 Å². The van der Waals surface area contributed by atoms with E-state index in [9.17, 15) is 0 Å². The largest absolute Gasteiger partial charge is 0.327 e. The molecule has 0 aromatic heterocycles. The first-order valence-corrected chi connectivity index (χ1v) is 6.32. The Labute approximate surface area is 95.2 Å². The lowest BCUT2D eigenvalue weighted by Crippen LogP contribution is -2.46. The molecule has 0 aliphatic heterocycles. The van der Waals surface area contributed by atoms with E-state index >= 15 is 0 Å². The predicted molar refractivity (Wildman–Crippen MR) is 66.9 cm³/mol. The van der Waals surface area contributed by atoms with Gasteiger partial charge in [-0.2, -0.15) is 0 Å². The molecule has 1 unspecified atom stereocenters. The molecule has 0 radical (unpaired) electrons. The highest BCUT2D eigenvalue weighted by Gasteiger charge is 2.34. The molecule has 0 amide bonds. The Balaban J connectivity index is 2.50. The van der Waals surface area contributed by atoms with Crippen molar-refractivity contribution in [2.24, 2.45) is 17.1 Å². The highest BCUT2D eigenvalue weighted by Crippen LogP contribution is 2.31. The van der Waals surface area contributed by atoms with Gasteiger partial charge in [-0.25, -0.2) is 0 Å². The zero-order valence-electron chi connectivity index (χ0n) is 11.1. The lowest BCUT2D eigenvalue weighted by molar-refractivity contribution is 0.137. The van der Waals surface area contributed by atoms with Crippen LogP contribution in [0.3, 0.4) is 0 Å². The maximum Gasteiger partial charge on any atom is 0.00967 e. The number of hydrogen-bond acceptors (Lipinski definition) is 2. The second-order valence-electron chi connectivity index (χ2n) is 6.33. The van der Waals surface area contributed by atoms with Gasteiger partial charge in [0.05, 0.1) is 0 Å². The van der Waals surface area contributed by atoms with Crippen molar-refractivity contribution in [3.8, 4) is 0 Å². The van der Waals surface area contributed by atoms with E-state index in [4.69, 9.17) is 5.73 Å². The third kappa shape index (κ3) is 4.12. The molecule has 1 aliphatic rings. The molecule has 1 fully saturated rings. The second-order valence-corrected chi connectivity index (χ2v) is 6.33. The minimum absolute atomic E-state index is 0.234. The summed E-state index contributed by atoms with van der Waals surface area (Å²) in [6.07, 6.45) is 2.78. The fourth-order valence-corrected chi connectivity index (χ4v) is 1.92. The van der Waals surface area contributed by atoms with Crippen molar-refractivity contribution in [1.29, 1.82) is 0 Å². The summed E-state index contributed by atoms with van der Waals surface area (Å²) in [5, 5.41) is 0. The van der Waals surface area contributed by atoms with Gasteiger partial charge in [-0.15, -0.1) is 0 Å². The molecule has 1 rings (SSSR count). The van der Waals surface area contributed by atoms with Crippen LogP contribution in [0.1, 0.15) is 47.5 Å². The monoisotopic (exact) mass is 212 g/mol. The molecule has 0 aromatic rings. The Kier molecular flexibility index (Phi) is 4.19. The van der Waals surface area contributed by atoms with Crippen LogP contribution in [0.5, 0.6) is 0 Å². The number of nitrogens with two attached hydrogens (primary N) is 1. The molecule has 0 spiro atoms. The van der Waals surface area contributed by atoms with Gasteiger partial charge in [-0.05, 0) is 31.1 Å². The van der Waals surface area contributed by atoms with Gasteiger partial charge in [0, 0.05) is 25.2 Å². The zero-order chi connectivity index (χ0) is 11.6. The van der Waals surface area contributed by atoms with E-state index in [2.05, 4.69) is 39.5 Å². The predicted octanol–water partition coefficient (Wildman–Crippen LogP) is 2.48. The molecule has 1 atom stereocenters. The number of rotatable bonds is 6. The summed E-state index contributed by atoms with van der Waals surface area (Å²) in [5.74, 6) is 0.759. The fourth-order valence-electron chi connectivity index (χ4n) is 1.92. The molecule has 0 aromatic carbocycles. The molecule has 2 heteroatoms. The van der Waals surface area contributed by atoms with Crippen molar-refractivity contribution < 1.29 is 0 Å². The van der Waals surface area contributed by atoms with Crippen LogP contribution in [0, 0.1) is 11.3 Å². The summed E-state index contributed by atoms with van der Waals surface area (Å²) < 4.78 is 0. The molecule has 2 N–H and O–H groups in total. The van der Waals surface area contributed by atoms with E-state index in [-0.39, 0.29) is 11.5 Å². The van der Waals surface area contributed by atoms with Crippen LogP contribution in [0.4, 0.5) is 0 Å². The SMILES string of the molecule is CC(C)CN(CC(C)(C)C(C)N)C1CC1. The summed E-state index contributed by atoms with van der Waals surface area (Å²) >= 11 is 0. The van der Waals surface area contributed by atoms with Gasteiger partial charge in [0.25, 0.3) is 0 Å². The Bertz CT molecular complexity index is 193. The van der Waals surface area contributed by atoms with Gasteiger partial charge in [-0.1, -0.05) is 27.7 Å². The molecule has 0 heterocycles. The molecular formula is C13H28N2. The summed E-state index contributed by atoms with van der Waals surface area (Å²) in [4.78, 5) is 2.65. The van der Waals surface area contributed by atoms with E-state index in [1.54, 1.807) is 0 Å². The highest BCUT2D eigenvalue weighted by molar-refractivity contribution is 4.90. The highest BCUT2D eigenvalue weighted by atomic mass is 15.2. The van der Waals surface area contributed by atoms with Crippen molar-refractivity contribution in [2.75, 3.05) is 13.1 Å². The van der Waals surface area contributed by atoms with Gasteiger partial charge in [0.15, 0.2) is 0 Å². The molecule has 0 saturated heterocycles. The van der Waals surface area contributed by atoms with Crippen molar-refractivity contribution in [3.63, 3.8) is 0 Å². The molecule has 1 saturated carbocycles. The third-order valence-electron chi connectivity index (χ3n) is 3.51. The molecule has 90 valence electrons. The van der Waals surface area contributed by atoms with E-state index in [1.807, 2.05) is 0 Å². The van der Waals surface area contributed by atoms with Gasteiger partial charge in [0.2, 0.25) is 0 Å². The Morgan fingerprint density at radius 3 is 2.13 bits per heavy atom. The topological polar surface area (TPSA) is 29.3 Å². The van der Waals surface area contributed by atoms with Crippen molar-refractivity contribution in [1.82, 2.24) is 4.90 Å². The average molecular weight is 212 g/mol. The van der Waals surface area contributed by atoms with Crippen LogP contribution in [-0.2, 0) is 0 Å². The summed E-state index contributed by atoms with van der Waals surface area (Å²) in [6, 6.07) is 1.12. The van der Waals surface area contributed by atoms with E-state index in [0.717, 1.165) is 18.5 Å². The van der Waals surface area contributed by atoms with E-state index in [1.165, 1.54) is 19.4 Å². The van der Waals surface area contributed by atoms with Crippen LogP contribution in [0.25, 0.3) is 0 Å². The van der Waals surface area contributed by atoms with Gasteiger partial charge in [-0.3, -0.25) is 4.90 Å². The zero-order valence-corrected chi connectivity index (χ0v) is 11.1. The third-order valence-corrected chi connectivity index (χ3v) is 3.51. The average Bonchev–Trinajstić information content (AvgIpc) is 2.82. The Morgan fingerprint density at radius 1 is 1.27 bits per heavy atom. The van der Waals surface area contributed by atoms with Crippen molar-refractivity contribution >= 4 is 0 Å². The standard InChI is InChI=1S/C13H28N2/c1-10(2)8-15(12-6-7-12)9-13(4,5)11(3)14/h10-12H,6-9,14H2,1-5H3. The van der Waals surface area contributed by atoms with Crippen LogP contribution in [0.15, 0.2) is 0 Å². The molecular weight excluding hydrogens is 184 g/mol. The Morgan fingerprint density at radius 2 is 1.80 bits per heavy atom. The van der Waals surface area contributed by atoms with Crippen LogP contribution in [0.2, 0.25) is 0 Å². The summed E-state index contributed by atoms with van der Waals surface area (Å²) in [6.45, 7) is 13.7. The van der Waals surface area contributed by atoms with Crippen LogP contribution < -0.4 is 5.73 Å². The summed E-state index contributed by atoms with van der Waals surface area (Å²) in [7, 11) is 0. The maximum absolute atomic E-state index is 6.04. The lowest BCUT2D eigenvalue weighted by atomic mass is 9.85. The van der Waals surface area contributed by atoms with Crippen LogP contribution in [-0.4, -0.2) is 30.1 Å². The van der Waals surface area contributed by atoms with Gasteiger partial charge < -0.3 is 5.73 Å². The first-order chi connectivity index (χ1) is 6.83. The van der Waals surface area contributed by atoms with Crippen molar-refractivity contribution in [2.45, 2.75) is 59.5 Å². The molecule has 1 aliphatic carbocycles. The smallest absolute Gasteiger partial charge is 0.00967 e. The quantitative estimate of drug-likeness (QED) is 0.733. The Hall–Kier alpha value is -0.0800. The number of hydrogen-bond donors (Lipinski definition) is 1. The lowest BCUT2D eigenvalue weighted by Gasteiger charge is -2.36. The molecule has 0 bridgehead atoms.